The molecule has 48 valence electrons. The molecule has 1 nitrogen and oxygen atoms in total. The Morgan fingerprint density at radius 3 is 2.25 bits per heavy atom. The molecule has 0 aromatic rings. The Hall–Kier alpha value is -0.0400. The lowest BCUT2D eigenvalue weighted by atomic mass is 9.98. The third kappa shape index (κ3) is 1.03. The summed E-state index contributed by atoms with van der Waals surface area (Å²) in [5.74, 6) is 0.618. The van der Waals surface area contributed by atoms with Gasteiger partial charge in [-0.1, -0.05) is 6.92 Å². The summed E-state index contributed by atoms with van der Waals surface area (Å²) in [6.07, 6.45) is 3.37. The van der Waals surface area contributed by atoms with Crippen molar-refractivity contribution in [3.8, 4) is 0 Å². The Kier molecular flexibility index (Phi) is 1.31. The summed E-state index contributed by atoms with van der Waals surface area (Å²) < 4.78 is 0. The highest BCUT2D eigenvalue weighted by molar-refractivity contribution is 4.89. The third-order valence-electron chi connectivity index (χ3n) is 2.17. The van der Waals surface area contributed by atoms with Crippen LogP contribution in [-0.4, -0.2) is 10.7 Å². The molecule has 0 heterocycles. The van der Waals surface area contributed by atoms with Crippen molar-refractivity contribution in [2.45, 2.75) is 38.7 Å². The van der Waals surface area contributed by atoms with Crippen molar-refractivity contribution in [2.24, 2.45) is 5.92 Å². The van der Waals surface area contributed by atoms with E-state index in [0.717, 1.165) is 6.42 Å². The van der Waals surface area contributed by atoms with Crippen LogP contribution in [0.15, 0.2) is 0 Å². The topological polar surface area (TPSA) is 20.2 Å². The molecule has 0 aromatic carbocycles. The van der Waals surface area contributed by atoms with E-state index < -0.39 is 0 Å². The van der Waals surface area contributed by atoms with Crippen LogP contribution in [-0.2, 0) is 0 Å². The molecule has 1 fully saturated rings. The molecule has 0 amide bonds. The van der Waals surface area contributed by atoms with Crippen LogP contribution in [0.5, 0.6) is 0 Å². The minimum absolute atomic E-state index is 0.347. The minimum atomic E-state index is -0.347. The number of hydrogen-bond acceptors (Lipinski definition) is 1. The highest BCUT2D eigenvalue weighted by atomic mass is 16.3. The van der Waals surface area contributed by atoms with Gasteiger partial charge in [-0.05, 0) is 32.1 Å². The average Bonchev–Trinajstić information content (AvgIpc) is 2.44. The SMILES string of the molecule is CCC(C)(O)C1CC1. The summed E-state index contributed by atoms with van der Waals surface area (Å²) in [4.78, 5) is 0. The standard InChI is InChI=1S/C7H14O/c1-3-7(2,8)6-4-5-6/h6,8H,3-5H2,1-2H3. The van der Waals surface area contributed by atoms with Gasteiger partial charge in [-0.15, -0.1) is 0 Å². The zero-order chi connectivity index (χ0) is 6.20. The predicted molar refractivity (Wildman–Crippen MR) is 33.6 cm³/mol. The van der Waals surface area contributed by atoms with E-state index in [4.69, 9.17) is 0 Å². The van der Waals surface area contributed by atoms with Crippen molar-refractivity contribution in [1.29, 1.82) is 0 Å². The predicted octanol–water partition coefficient (Wildman–Crippen LogP) is 1.56. The van der Waals surface area contributed by atoms with E-state index in [9.17, 15) is 5.11 Å². The lowest BCUT2D eigenvalue weighted by Crippen LogP contribution is -2.24. The van der Waals surface area contributed by atoms with E-state index in [-0.39, 0.29) is 5.60 Å². The zero-order valence-electron chi connectivity index (χ0n) is 5.65. The van der Waals surface area contributed by atoms with Gasteiger partial charge in [0.1, 0.15) is 0 Å². The quantitative estimate of drug-likeness (QED) is 0.577. The second kappa shape index (κ2) is 1.73. The van der Waals surface area contributed by atoms with Gasteiger partial charge < -0.3 is 5.11 Å². The lowest BCUT2D eigenvalue weighted by molar-refractivity contribution is 0.0330. The van der Waals surface area contributed by atoms with Crippen LogP contribution in [0.4, 0.5) is 0 Å². The summed E-state index contributed by atoms with van der Waals surface area (Å²) >= 11 is 0. The molecule has 1 aliphatic carbocycles. The van der Waals surface area contributed by atoms with Gasteiger partial charge >= 0.3 is 0 Å². The molecule has 0 bridgehead atoms. The second-order valence-electron chi connectivity index (χ2n) is 2.98. The van der Waals surface area contributed by atoms with Crippen molar-refractivity contribution in [3.63, 3.8) is 0 Å². The highest BCUT2D eigenvalue weighted by Gasteiger charge is 2.37. The van der Waals surface area contributed by atoms with Crippen LogP contribution >= 0.6 is 0 Å². The molecule has 1 heteroatoms. The molecule has 0 saturated heterocycles. The van der Waals surface area contributed by atoms with Crippen molar-refractivity contribution in [2.75, 3.05) is 0 Å². The van der Waals surface area contributed by atoms with Crippen molar-refractivity contribution in [3.05, 3.63) is 0 Å². The first-order valence-electron chi connectivity index (χ1n) is 3.39. The molecular formula is C7H14O. The van der Waals surface area contributed by atoms with Gasteiger partial charge in [0.05, 0.1) is 5.60 Å². The fourth-order valence-corrected chi connectivity index (χ4v) is 0.994. The molecule has 0 aliphatic heterocycles. The molecular weight excluding hydrogens is 100 g/mol. The first kappa shape index (κ1) is 6.09. The van der Waals surface area contributed by atoms with Gasteiger partial charge in [-0.25, -0.2) is 0 Å². The second-order valence-corrected chi connectivity index (χ2v) is 2.98. The van der Waals surface area contributed by atoms with Crippen molar-refractivity contribution < 1.29 is 5.11 Å². The summed E-state index contributed by atoms with van der Waals surface area (Å²) in [5, 5.41) is 9.46. The van der Waals surface area contributed by atoms with Gasteiger partial charge in [0.15, 0.2) is 0 Å². The molecule has 1 unspecified atom stereocenters. The molecule has 1 rings (SSSR count). The Morgan fingerprint density at radius 1 is 1.62 bits per heavy atom. The molecule has 0 aromatic heterocycles. The van der Waals surface area contributed by atoms with Gasteiger partial charge in [-0.2, -0.15) is 0 Å². The maximum atomic E-state index is 9.46. The van der Waals surface area contributed by atoms with Crippen LogP contribution in [0.3, 0.4) is 0 Å². The molecule has 1 saturated carbocycles. The van der Waals surface area contributed by atoms with Crippen LogP contribution in [0, 0.1) is 5.92 Å². The van der Waals surface area contributed by atoms with E-state index in [1.165, 1.54) is 12.8 Å². The fourth-order valence-electron chi connectivity index (χ4n) is 0.994. The first-order valence-corrected chi connectivity index (χ1v) is 3.39. The van der Waals surface area contributed by atoms with Crippen LogP contribution in [0.2, 0.25) is 0 Å². The number of rotatable bonds is 2. The van der Waals surface area contributed by atoms with Crippen LogP contribution < -0.4 is 0 Å². The Morgan fingerprint density at radius 2 is 2.12 bits per heavy atom. The zero-order valence-corrected chi connectivity index (χ0v) is 5.65. The van der Waals surface area contributed by atoms with Crippen LogP contribution in [0.1, 0.15) is 33.1 Å². The van der Waals surface area contributed by atoms with Gasteiger partial charge in [0, 0.05) is 0 Å². The Bertz CT molecular complexity index is 82.4. The normalized spacial score (nSPS) is 27.4. The van der Waals surface area contributed by atoms with Crippen LogP contribution in [0.25, 0.3) is 0 Å². The fraction of sp³-hybridized carbons (Fsp3) is 1.00. The van der Waals surface area contributed by atoms with E-state index >= 15 is 0 Å². The maximum Gasteiger partial charge on any atom is 0.0645 e. The average molecular weight is 114 g/mol. The van der Waals surface area contributed by atoms with E-state index in [1.807, 2.05) is 13.8 Å². The van der Waals surface area contributed by atoms with E-state index in [0.29, 0.717) is 5.92 Å². The summed E-state index contributed by atoms with van der Waals surface area (Å²) in [5.41, 5.74) is -0.347. The maximum absolute atomic E-state index is 9.46. The van der Waals surface area contributed by atoms with Gasteiger partial charge in [0.2, 0.25) is 0 Å². The molecule has 8 heavy (non-hydrogen) atoms. The van der Waals surface area contributed by atoms with E-state index in [2.05, 4.69) is 0 Å². The molecule has 1 N–H and O–H groups in total. The third-order valence-corrected chi connectivity index (χ3v) is 2.17. The van der Waals surface area contributed by atoms with Gasteiger partial charge in [-0.3, -0.25) is 0 Å². The first-order chi connectivity index (χ1) is 3.67. The Labute approximate surface area is 50.7 Å². The Balaban J connectivity index is 2.37. The molecule has 0 spiro atoms. The number of hydrogen-bond donors (Lipinski definition) is 1. The largest absolute Gasteiger partial charge is 0.390 e. The highest BCUT2D eigenvalue weighted by Crippen LogP contribution is 2.40. The smallest absolute Gasteiger partial charge is 0.0645 e. The molecule has 0 radical (unpaired) electrons. The summed E-state index contributed by atoms with van der Waals surface area (Å²) in [6, 6.07) is 0. The van der Waals surface area contributed by atoms with E-state index in [1.54, 1.807) is 0 Å². The summed E-state index contributed by atoms with van der Waals surface area (Å²) in [7, 11) is 0. The van der Waals surface area contributed by atoms with Crippen molar-refractivity contribution in [1.82, 2.24) is 0 Å². The van der Waals surface area contributed by atoms with Gasteiger partial charge in [0.25, 0.3) is 0 Å². The molecule has 1 atom stereocenters. The van der Waals surface area contributed by atoms with Crippen molar-refractivity contribution >= 4 is 0 Å². The number of aliphatic hydroxyl groups is 1. The minimum Gasteiger partial charge on any atom is -0.390 e. The molecule has 1 aliphatic rings. The lowest BCUT2D eigenvalue weighted by Gasteiger charge is -2.19. The summed E-state index contributed by atoms with van der Waals surface area (Å²) in [6.45, 7) is 3.98. The monoisotopic (exact) mass is 114 g/mol.